The second kappa shape index (κ2) is 10.2. The third-order valence-electron chi connectivity index (χ3n) is 4.97. The van der Waals surface area contributed by atoms with Crippen molar-refractivity contribution in [2.75, 3.05) is 10.2 Å². The van der Waals surface area contributed by atoms with Gasteiger partial charge in [-0.15, -0.1) is 0 Å². The van der Waals surface area contributed by atoms with Crippen LogP contribution in [0.1, 0.15) is 16.8 Å². The van der Waals surface area contributed by atoms with Gasteiger partial charge in [0.1, 0.15) is 6.04 Å². The van der Waals surface area contributed by atoms with Crippen molar-refractivity contribution in [2.24, 2.45) is 0 Å². The molecule has 11 heteroatoms. The van der Waals surface area contributed by atoms with Crippen LogP contribution in [0, 0.1) is 0 Å². The van der Waals surface area contributed by atoms with E-state index < -0.39 is 23.8 Å². The van der Waals surface area contributed by atoms with Crippen LogP contribution in [0.25, 0.3) is 0 Å². The number of hydrogen-bond acceptors (Lipinski definition) is 5. The van der Waals surface area contributed by atoms with Crippen LogP contribution in [0.15, 0.2) is 73.1 Å². The summed E-state index contributed by atoms with van der Waals surface area (Å²) in [6, 6.07) is 15.0. The number of nitrogens with one attached hydrogen (secondary N) is 2. The minimum atomic E-state index is -1.07. The predicted molar refractivity (Wildman–Crippen MR) is 134 cm³/mol. The summed E-state index contributed by atoms with van der Waals surface area (Å²) < 4.78 is 0. The number of pyridine rings is 1. The lowest BCUT2D eigenvalue weighted by molar-refractivity contribution is -0.124. The molecular formula is C23H17Cl2N5O3S. The quantitative estimate of drug-likeness (QED) is 0.482. The molecule has 172 valence electrons. The monoisotopic (exact) mass is 513 g/mol. The Balaban J connectivity index is 1.59. The van der Waals surface area contributed by atoms with Crippen LogP contribution in [-0.2, 0) is 9.59 Å². The zero-order chi connectivity index (χ0) is 24.2. The molecule has 4 rings (SSSR count). The summed E-state index contributed by atoms with van der Waals surface area (Å²) in [5.41, 5.74) is 3.95. The van der Waals surface area contributed by atoms with Gasteiger partial charge in [-0.05, 0) is 72.9 Å². The molecule has 1 fully saturated rings. The minimum absolute atomic E-state index is 0.0269. The third kappa shape index (κ3) is 5.17. The van der Waals surface area contributed by atoms with Crippen LogP contribution in [0.4, 0.5) is 11.4 Å². The highest BCUT2D eigenvalue weighted by atomic mass is 35.5. The molecule has 0 bridgehead atoms. The topological polar surface area (TPSA) is 94.6 Å². The van der Waals surface area contributed by atoms with Crippen molar-refractivity contribution >= 4 is 69.6 Å². The summed E-state index contributed by atoms with van der Waals surface area (Å²) in [5, 5.41) is 5.00. The summed E-state index contributed by atoms with van der Waals surface area (Å²) in [5.74, 6) is -1.41. The van der Waals surface area contributed by atoms with Gasteiger partial charge in [-0.2, -0.15) is 0 Å². The van der Waals surface area contributed by atoms with Crippen LogP contribution in [0.5, 0.6) is 0 Å². The van der Waals surface area contributed by atoms with Crippen LogP contribution in [-0.4, -0.2) is 38.9 Å². The molecule has 34 heavy (non-hydrogen) atoms. The number of halogens is 2. The van der Waals surface area contributed by atoms with Crippen molar-refractivity contribution in [2.45, 2.75) is 12.5 Å². The maximum absolute atomic E-state index is 13.4. The Morgan fingerprint density at radius 1 is 0.941 bits per heavy atom. The first kappa shape index (κ1) is 23.6. The van der Waals surface area contributed by atoms with Gasteiger partial charge in [0.2, 0.25) is 11.0 Å². The Bertz CT molecular complexity index is 1240. The van der Waals surface area contributed by atoms with E-state index in [4.69, 9.17) is 35.4 Å². The summed E-state index contributed by atoms with van der Waals surface area (Å²) in [6.45, 7) is 0. The Hall–Kier alpha value is -3.53. The van der Waals surface area contributed by atoms with Crippen molar-refractivity contribution in [1.82, 2.24) is 15.4 Å². The molecule has 1 aliphatic heterocycles. The Morgan fingerprint density at radius 2 is 1.53 bits per heavy atom. The van der Waals surface area contributed by atoms with Crippen molar-refractivity contribution in [1.29, 1.82) is 0 Å². The normalized spacial score (nSPS) is 15.4. The number of hydrogen-bond donors (Lipinski definition) is 2. The van der Waals surface area contributed by atoms with Gasteiger partial charge >= 0.3 is 0 Å². The summed E-state index contributed by atoms with van der Waals surface area (Å²) in [6.07, 6.45) is 2.68. The second-order valence-electron chi connectivity index (χ2n) is 7.25. The van der Waals surface area contributed by atoms with E-state index in [1.807, 2.05) is 0 Å². The number of carbonyl (C=O) groups is 3. The van der Waals surface area contributed by atoms with E-state index in [9.17, 15) is 14.4 Å². The van der Waals surface area contributed by atoms with Gasteiger partial charge in [0.25, 0.3) is 11.8 Å². The standard InChI is InChI=1S/C23H17Cl2N5O3S/c24-15-1-5-17(6-2-15)27-20(31)13-19-22(33)29(18-7-3-16(25)4-8-18)23(34)30(19)28-21(32)14-9-11-26-12-10-14/h1-12,19H,13H2,(H,27,31)(H,28,32). The highest BCUT2D eigenvalue weighted by molar-refractivity contribution is 7.80. The lowest BCUT2D eigenvalue weighted by Gasteiger charge is -2.24. The van der Waals surface area contributed by atoms with Crippen molar-refractivity contribution < 1.29 is 14.4 Å². The highest BCUT2D eigenvalue weighted by Gasteiger charge is 2.45. The smallest absolute Gasteiger partial charge is 0.269 e. The molecule has 0 saturated carbocycles. The Kier molecular flexibility index (Phi) is 7.06. The molecule has 0 spiro atoms. The van der Waals surface area contributed by atoms with Gasteiger partial charge in [0.05, 0.1) is 12.1 Å². The Labute approximate surface area is 210 Å². The second-order valence-corrected chi connectivity index (χ2v) is 8.49. The first-order valence-corrected chi connectivity index (χ1v) is 11.2. The summed E-state index contributed by atoms with van der Waals surface area (Å²) in [7, 11) is 0. The van der Waals surface area contributed by atoms with Crippen LogP contribution < -0.4 is 15.6 Å². The van der Waals surface area contributed by atoms with Gasteiger partial charge < -0.3 is 5.32 Å². The Morgan fingerprint density at radius 3 is 2.15 bits per heavy atom. The lowest BCUT2D eigenvalue weighted by atomic mass is 10.1. The number of benzene rings is 2. The van der Waals surface area contributed by atoms with E-state index in [0.717, 1.165) is 0 Å². The van der Waals surface area contributed by atoms with Gasteiger partial charge in [-0.1, -0.05) is 23.2 Å². The van der Waals surface area contributed by atoms with Gasteiger partial charge in [-0.25, -0.2) is 5.01 Å². The molecular weight excluding hydrogens is 497 g/mol. The molecule has 3 aromatic rings. The number of anilines is 2. The first-order valence-electron chi connectivity index (χ1n) is 10.0. The molecule has 1 aromatic heterocycles. The van der Waals surface area contributed by atoms with Gasteiger partial charge in [0.15, 0.2) is 0 Å². The average Bonchev–Trinajstić information content (AvgIpc) is 3.05. The number of carbonyl (C=O) groups excluding carboxylic acids is 3. The maximum Gasteiger partial charge on any atom is 0.269 e. The molecule has 2 aromatic carbocycles. The maximum atomic E-state index is 13.4. The largest absolute Gasteiger partial charge is 0.326 e. The number of nitrogens with zero attached hydrogens (tertiary/aromatic N) is 3. The van der Waals surface area contributed by atoms with E-state index >= 15 is 0 Å². The molecule has 3 amide bonds. The third-order valence-corrected chi connectivity index (χ3v) is 5.85. The van der Waals surface area contributed by atoms with Crippen molar-refractivity contribution in [3.8, 4) is 0 Å². The molecule has 0 radical (unpaired) electrons. The molecule has 8 nitrogen and oxygen atoms in total. The number of amides is 3. The molecule has 1 aliphatic rings. The fourth-order valence-electron chi connectivity index (χ4n) is 3.33. The van der Waals surface area contributed by atoms with Crippen LogP contribution >= 0.6 is 35.4 Å². The molecule has 1 unspecified atom stereocenters. The lowest BCUT2D eigenvalue weighted by Crippen LogP contribution is -2.49. The SMILES string of the molecule is O=C(CC1C(=O)N(c2ccc(Cl)cc2)C(=S)N1NC(=O)c1ccncc1)Nc1ccc(Cl)cc1. The van der Waals surface area contributed by atoms with E-state index in [1.165, 1.54) is 34.4 Å². The molecule has 1 atom stereocenters. The van der Waals surface area contributed by atoms with Gasteiger partial charge in [-0.3, -0.25) is 29.7 Å². The summed E-state index contributed by atoms with van der Waals surface area (Å²) >= 11 is 17.4. The zero-order valence-electron chi connectivity index (χ0n) is 17.4. The van der Waals surface area contributed by atoms with Crippen molar-refractivity contribution in [3.63, 3.8) is 0 Å². The molecule has 0 aliphatic carbocycles. The number of hydrazine groups is 1. The predicted octanol–water partition coefficient (Wildman–Crippen LogP) is 4.06. The fraction of sp³-hybridized carbons (Fsp3) is 0.0870. The summed E-state index contributed by atoms with van der Waals surface area (Å²) in [4.78, 5) is 44.1. The minimum Gasteiger partial charge on any atom is -0.326 e. The highest BCUT2D eigenvalue weighted by Crippen LogP contribution is 2.27. The van der Waals surface area contributed by atoms with Crippen molar-refractivity contribution in [3.05, 3.63) is 88.7 Å². The average molecular weight is 514 g/mol. The van der Waals surface area contributed by atoms with E-state index in [0.29, 0.717) is 27.0 Å². The van der Waals surface area contributed by atoms with E-state index in [1.54, 1.807) is 48.5 Å². The number of rotatable bonds is 6. The fourth-order valence-corrected chi connectivity index (χ4v) is 3.95. The van der Waals surface area contributed by atoms with E-state index in [2.05, 4.69) is 15.7 Å². The number of aromatic nitrogens is 1. The first-order chi connectivity index (χ1) is 16.3. The molecule has 2 N–H and O–H groups in total. The zero-order valence-corrected chi connectivity index (χ0v) is 19.8. The van der Waals surface area contributed by atoms with Crippen LogP contribution in [0.3, 0.4) is 0 Å². The molecule has 1 saturated heterocycles. The van der Waals surface area contributed by atoms with Crippen LogP contribution in [0.2, 0.25) is 10.0 Å². The number of thiocarbonyl (C=S) groups is 1. The van der Waals surface area contributed by atoms with E-state index in [-0.39, 0.29) is 11.5 Å². The molecule has 2 heterocycles. The van der Waals surface area contributed by atoms with Gasteiger partial charge in [0, 0.05) is 33.7 Å².